The van der Waals surface area contributed by atoms with Crippen LogP contribution in [0.3, 0.4) is 0 Å². The van der Waals surface area contributed by atoms with Crippen molar-refractivity contribution in [1.29, 1.82) is 0 Å². The Labute approximate surface area is 182 Å². The number of methoxy groups -OCH3 is 1. The van der Waals surface area contributed by atoms with Crippen LogP contribution in [0.5, 0.6) is 5.75 Å². The molecule has 0 aliphatic rings. The molecule has 0 saturated carbocycles. The van der Waals surface area contributed by atoms with Crippen LogP contribution >= 0.6 is 23.1 Å². The molecule has 0 bridgehead atoms. The lowest BCUT2D eigenvalue weighted by molar-refractivity contribution is 0.391. The van der Waals surface area contributed by atoms with Gasteiger partial charge >= 0.3 is 0 Å². The number of thiophene rings is 1. The number of thioether (sulfide) groups is 1. The van der Waals surface area contributed by atoms with Gasteiger partial charge in [-0.1, -0.05) is 16.9 Å². The van der Waals surface area contributed by atoms with Crippen molar-refractivity contribution in [3.05, 3.63) is 51.0 Å². The fraction of sp³-hybridized carbons (Fsp3) is 0.333. The first-order valence-corrected chi connectivity index (χ1v) is 11.3. The molecule has 0 radical (unpaired) electrons. The van der Waals surface area contributed by atoms with Crippen LogP contribution in [0.4, 0.5) is 0 Å². The molecule has 0 unspecified atom stereocenters. The van der Waals surface area contributed by atoms with Gasteiger partial charge in [-0.25, -0.2) is 4.98 Å². The summed E-state index contributed by atoms with van der Waals surface area (Å²) in [7, 11) is 1.62. The van der Waals surface area contributed by atoms with Gasteiger partial charge in [0.2, 0.25) is 11.7 Å². The topological polar surface area (TPSA) is 83.0 Å². The molecule has 7 nitrogen and oxygen atoms in total. The van der Waals surface area contributed by atoms with E-state index in [9.17, 15) is 4.79 Å². The molecule has 0 fully saturated rings. The Morgan fingerprint density at radius 2 is 1.93 bits per heavy atom. The normalized spacial score (nSPS) is 11.5. The first-order valence-electron chi connectivity index (χ1n) is 9.51. The van der Waals surface area contributed by atoms with Crippen molar-refractivity contribution >= 4 is 33.3 Å². The lowest BCUT2D eigenvalue weighted by Gasteiger charge is -2.14. The summed E-state index contributed by atoms with van der Waals surface area (Å²) < 4.78 is 12.3. The van der Waals surface area contributed by atoms with E-state index in [0.29, 0.717) is 22.6 Å². The second-order valence-corrected chi connectivity index (χ2v) is 9.30. The molecule has 30 heavy (non-hydrogen) atoms. The summed E-state index contributed by atoms with van der Waals surface area (Å²) in [5.41, 5.74) is 1.86. The monoisotopic (exact) mass is 442 g/mol. The standard InChI is InChI=1S/C21H22N4O3S2/c1-11(2)25-20(26)17-12(3)13(4)30-19(17)23-21(25)29-10-16-22-18(24-28-16)14-6-8-15(27-5)9-7-14/h6-9,11H,10H2,1-5H3. The first kappa shape index (κ1) is 20.6. The quantitative estimate of drug-likeness (QED) is 0.307. The Morgan fingerprint density at radius 3 is 2.60 bits per heavy atom. The van der Waals surface area contributed by atoms with Crippen molar-refractivity contribution in [3.63, 3.8) is 0 Å². The summed E-state index contributed by atoms with van der Waals surface area (Å²) in [6.45, 7) is 7.98. The van der Waals surface area contributed by atoms with E-state index in [-0.39, 0.29) is 11.6 Å². The maximum atomic E-state index is 13.1. The van der Waals surface area contributed by atoms with Crippen LogP contribution in [0, 0.1) is 13.8 Å². The first-order chi connectivity index (χ1) is 14.4. The molecule has 0 amide bonds. The third-order valence-electron chi connectivity index (χ3n) is 4.86. The van der Waals surface area contributed by atoms with Gasteiger partial charge in [-0.05, 0) is 57.5 Å². The number of fused-ring (bicyclic) bond motifs is 1. The lowest BCUT2D eigenvalue weighted by Crippen LogP contribution is -2.24. The Bertz CT molecular complexity index is 1260. The summed E-state index contributed by atoms with van der Waals surface area (Å²) >= 11 is 2.98. The Morgan fingerprint density at radius 1 is 1.20 bits per heavy atom. The van der Waals surface area contributed by atoms with Gasteiger partial charge < -0.3 is 9.26 Å². The fourth-order valence-electron chi connectivity index (χ4n) is 3.14. The van der Waals surface area contributed by atoms with E-state index in [1.54, 1.807) is 23.0 Å². The maximum Gasteiger partial charge on any atom is 0.263 e. The second kappa shape index (κ2) is 8.23. The van der Waals surface area contributed by atoms with Gasteiger partial charge in [0.1, 0.15) is 10.6 Å². The summed E-state index contributed by atoms with van der Waals surface area (Å²) in [5.74, 6) is 2.19. The zero-order chi connectivity index (χ0) is 21.4. The summed E-state index contributed by atoms with van der Waals surface area (Å²) in [6.07, 6.45) is 0. The molecule has 9 heteroatoms. The van der Waals surface area contributed by atoms with Crippen molar-refractivity contribution in [2.75, 3.05) is 7.11 Å². The van der Waals surface area contributed by atoms with Crippen LogP contribution in [0.1, 0.15) is 36.2 Å². The van der Waals surface area contributed by atoms with E-state index in [4.69, 9.17) is 14.2 Å². The van der Waals surface area contributed by atoms with Crippen molar-refractivity contribution in [2.24, 2.45) is 0 Å². The summed E-state index contributed by atoms with van der Waals surface area (Å²) in [6, 6.07) is 7.47. The van der Waals surface area contributed by atoms with Gasteiger partial charge in [0, 0.05) is 16.5 Å². The average Bonchev–Trinajstić information content (AvgIpc) is 3.31. The number of aryl methyl sites for hydroxylation is 2. The highest BCUT2D eigenvalue weighted by Gasteiger charge is 2.19. The SMILES string of the molecule is COc1ccc(-c2noc(CSc3nc4sc(C)c(C)c4c(=O)n3C(C)C)n2)cc1. The van der Waals surface area contributed by atoms with Gasteiger partial charge in [-0.2, -0.15) is 4.98 Å². The van der Waals surface area contributed by atoms with E-state index in [2.05, 4.69) is 10.1 Å². The van der Waals surface area contributed by atoms with Crippen LogP contribution in [0.25, 0.3) is 21.6 Å². The number of benzene rings is 1. The third kappa shape index (κ3) is 3.75. The molecule has 0 atom stereocenters. The minimum absolute atomic E-state index is 0.00352. The highest BCUT2D eigenvalue weighted by molar-refractivity contribution is 7.98. The van der Waals surface area contributed by atoms with Gasteiger partial charge in [-0.3, -0.25) is 9.36 Å². The molecule has 3 heterocycles. The number of aromatic nitrogens is 4. The van der Waals surface area contributed by atoms with E-state index in [0.717, 1.165) is 32.0 Å². The predicted molar refractivity (Wildman–Crippen MR) is 120 cm³/mol. The number of rotatable bonds is 6. The molecule has 4 rings (SSSR count). The van der Waals surface area contributed by atoms with Crippen LogP contribution in [-0.2, 0) is 5.75 Å². The van der Waals surface area contributed by atoms with Crippen LogP contribution in [-0.4, -0.2) is 26.8 Å². The zero-order valence-electron chi connectivity index (χ0n) is 17.4. The highest BCUT2D eigenvalue weighted by Crippen LogP contribution is 2.30. The largest absolute Gasteiger partial charge is 0.497 e. The third-order valence-corrected chi connectivity index (χ3v) is 6.90. The molecule has 0 aliphatic carbocycles. The molecule has 0 saturated heterocycles. The summed E-state index contributed by atoms with van der Waals surface area (Å²) in [4.78, 5) is 24.3. The minimum Gasteiger partial charge on any atom is -0.497 e. The second-order valence-electron chi connectivity index (χ2n) is 7.16. The highest BCUT2D eigenvalue weighted by atomic mass is 32.2. The van der Waals surface area contributed by atoms with E-state index < -0.39 is 0 Å². The molecule has 0 spiro atoms. The Balaban J connectivity index is 1.61. The van der Waals surface area contributed by atoms with Gasteiger partial charge in [0.25, 0.3) is 5.56 Å². The molecular weight excluding hydrogens is 420 g/mol. The molecule has 1 aromatic carbocycles. The molecule has 3 aromatic heterocycles. The fourth-order valence-corrected chi connectivity index (χ4v) is 5.18. The van der Waals surface area contributed by atoms with E-state index in [1.807, 2.05) is 52.0 Å². The van der Waals surface area contributed by atoms with Gasteiger partial charge in [0.05, 0.1) is 18.2 Å². The molecule has 0 aliphatic heterocycles. The number of hydrogen-bond donors (Lipinski definition) is 0. The van der Waals surface area contributed by atoms with Crippen LogP contribution in [0.2, 0.25) is 0 Å². The van der Waals surface area contributed by atoms with Crippen molar-refractivity contribution < 1.29 is 9.26 Å². The minimum atomic E-state index is -0.00551. The van der Waals surface area contributed by atoms with E-state index >= 15 is 0 Å². The Kier molecular flexibility index (Phi) is 5.66. The number of ether oxygens (including phenoxy) is 1. The molecule has 0 N–H and O–H groups in total. The lowest BCUT2D eigenvalue weighted by atomic mass is 10.2. The van der Waals surface area contributed by atoms with Crippen LogP contribution < -0.4 is 10.3 Å². The van der Waals surface area contributed by atoms with Crippen molar-refractivity contribution in [2.45, 2.75) is 44.6 Å². The van der Waals surface area contributed by atoms with E-state index in [1.165, 1.54) is 11.8 Å². The van der Waals surface area contributed by atoms with Crippen molar-refractivity contribution in [3.8, 4) is 17.1 Å². The smallest absolute Gasteiger partial charge is 0.263 e. The van der Waals surface area contributed by atoms with Crippen LogP contribution in [0.15, 0.2) is 38.7 Å². The average molecular weight is 443 g/mol. The number of hydrogen-bond acceptors (Lipinski definition) is 8. The van der Waals surface area contributed by atoms with Gasteiger partial charge in [-0.15, -0.1) is 11.3 Å². The zero-order valence-corrected chi connectivity index (χ0v) is 19.1. The Hall–Kier alpha value is -2.65. The van der Waals surface area contributed by atoms with Crippen molar-refractivity contribution in [1.82, 2.24) is 19.7 Å². The molecule has 4 aromatic rings. The predicted octanol–water partition coefficient (Wildman–Crippen LogP) is 5.01. The van der Waals surface area contributed by atoms with Gasteiger partial charge in [0.15, 0.2) is 5.16 Å². The number of nitrogens with zero attached hydrogens (tertiary/aromatic N) is 4. The maximum absolute atomic E-state index is 13.1. The molecular formula is C21H22N4O3S2. The summed E-state index contributed by atoms with van der Waals surface area (Å²) in [5, 5.41) is 5.44. The molecule has 156 valence electrons.